The average molecular weight is 277 g/mol. The first-order valence-corrected chi connectivity index (χ1v) is 6.92. The fourth-order valence-electron chi connectivity index (χ4n) is 2.71. The monoisotopic (exact) mass is 277 g/mol. The summed E-state index contributed by atoms with van der Waals surface area (Å²) in [5.41, 5.74) is 8.22. The normalized spacial score (nSPS) is 16.5. The van der Waals surface area contributed by atoms with Crippen LogP contribution in [0.25, 0.3) is 0 Å². The van der Waals surface area contributed by atoms with Crippen LogP contribution >= 0.6 is 0 Å². The van der Waals surface area contributed by atoms with E-state index in [2.05, 4.69) is 23.9 Å². The molecule has 1 saturated heterocycles. The first-order valence-electron chi connectivity index (χ1n) is 6.92. The van der Waals surface area contributed by atoms with Crippen molar-refractivity contribution in [3.63, 3.8) is 0 Å². The highest BCUT2D eigenvalue weighted by Crippen LogP contribution is 2.28. The van der Waals surface area contributed by atoms with Gasteiger partial charge in [-0.3, -0.25) is 0 Å². The summed E-state index contributed by atoms with van der Waals surface area (Å²) < 4.78 is 4.70. The molecule has 0 saturated carbocycles. The van der Waals surface area contributed by atoms with Gasteiger partial charge in [-0.15, -0.1) is 0 Å². The molecule has 0 atom stereocenters. The van der Waals surface area contributed by atoms with Gasteiger partial charge in [0, 0.05) is 19.1 Å². The first-order chi connectivity index (χ1) is 9.52. The Morgan fingerprint density at radius 1 is 1.35 bits per heavy atom. The van der Waals surface area contributed by atoms with Gasteiger partial charge in [0.1, 0.15) is 0 Å². The number of nitrogen functional groups attached to an aromatic ring is 1. The summed E-state index contributed by atoms with van der Waals surface area (Å²) in [5, 5.41) is 0. The van der Waals surface area contributed by atoms with Crippen LogP contribution in [0.15, 0.2) is 18.2 Å². The Balaban J connectivity index is 2.09. The van der Waals surface area contributed by atoms with E-state index in [4.69, 9.17) is 10.5 Å². The molecule has 0 aliphatic carbocycles. The quantitative estimate of drug-likeness (QED) is 0.671. The van der Waals surface area contributed by atoms with E-state index in [1.54, 1.807) is 12.1 Å². The number of hydrogen-bond acceptors (Lipinski definition) is 5. The zero-order valence-corrected chi connectivity index (χ0v) is 12.4. The van der Waals surface area contributed by atoms with Crippen LogP contribution in [-0.2, 0) is 4.74 Å². The second-order valence-electron chi connectivity index (χ2n) is 5.45. The predicted octanol–water partition coefficient (Wildman–Crippen LogP) is 1.59. The molecule has 1 aromatic carbocycles. The van der Waals surface area contributed by atoms with Crippen LogP contribution < -0.4 is 10.6 Å². The SMILES string of the molecule is COC(=O)c1ccc(N2CCC(N(C)C)CC2)c(N)c1. The van der Waals surface area contributed by atoms with E-state index in [0.717, 1.165) is 31.6 Å². The Bertz CT molecular complexity index is 480. The van der Waals surface area contributed by atoms with Gasteiger partial charge in [-0.05, 0) is 45.1 Å². The van der Waals surface area contributed by atoms with Crippen molar-refractivity contribution < 1.29 is 9.53 Å². The molecule has 0 unspecified atom stereocenters. The summed E-state index contributed by atoms with van der Waals surface area (Å²) in [5.74, 6) is -0.352. The van der Waals surface area contributed by atoms with Gasteiger partial charge < -0.3 is 20.3 Å². The molecule has 0 bridgehead atoms. The van der Waals surface area contributed by atoms with Crippen molar-refractivity contribution in [3.05, 3.63) is 23.8 Å². The number of anilines is 2. The third-order valence-electron chi connectivity index (χ3n) is 3.98. The second kappa shape index (κ2) is 6.13. The largest absolute Gasteiger partial charge is 0.465 e. The number of hydrogen-bond donors (Lipinski definition) is 1. The van der Waals surface area contributed by atoms with Crippen LogP contribution in [0.3, 0.4) is 0 Å². The van der Waals surface area contributed by atoms with Gasteiger partial charge in [0.2, 0.25) is 0 Å². The molecule has 0 aromatic heterocycles. The van der Waals surface area contributed by atoms with Crippen LogP contribution in [0, 0.1) is 0 Å². The molecule has 2 N–H and O–H groups in total. The van der Waals surface area contributed by atoms with E-state index in [1.165, 1.54) is 7.11 Å². The molecule has 0 spiro atoms. The fraction of sp³-hybridized carbons (Fsp3) is 0.533. The number of methoxy groups -OCH3 is 1. The van der Waals surface area contributed by atoms with Crippen LogP contribution in [0.5, 0.6) is 0 Å². The summed E-state index contributed by atoms with van der Waals surface area (Å²) >= 11 is 0. The lowest BCUT2D eigenvalue weighted by Gasteiger charge is -2.37. The number of benzene rings is 1. The zero-order chi connectivity index (χ0) is 14.7. The third-order valence-corrected chi connectivity index (χ3v) is 3.98. The minimum absolute atomic E-state index is 0.352. The smallest absolute Gasteiger partial charge is 0.337 e. The van der Waals surface area contributed by atoms with Crippen molar-refractivity contribution in [2.75, 3.05) is 44.9 Å². The molecule has 5 nitrogen and oxygen atoms in total. The summed E-state index contributed by atoms with van der Waals surface area (Å²) in [7, 11) is 5.62. The molecular formula is C15H23N3O2. The summed E-state index contributed by atoms with van der Waals surface area (Å²) in [6.45, 7) is 1.98. The lowest BCUT2D eigenvalue weighted by molar-refractivity contribution is 0.0601. The lowest BCUT2D eigenvalue weighted by Crippen LogP contribution is -2.42. The maximum atomic E-state index is 11.5. The number of nitrogens with two attached hydrogens (primary N) is 1. The van der Waals surface area contributed by atoms with E-state index in [0.29, 0.717) is 17.3 Å². The molecular weight excluding hydrogens is 254 g/mol. The molecule has 110 valence electrons. The van der Waals surface area contributed by atoms with Gasteiger partial charge in [-0.2, -0.15) is 0 Å². The van der Waals surface area contributed by atoms with Crippen LogP contribution in [0.2, 0.25) is 0 Å². The topological polar surface area (TPSA) is 58.8 Å². The highest BCUT2D eigenvalue weighted by atomic mass is 16.5. The maximum Gasteiger partial charge on any atom is 0.337 e. The molecule has 1 aliphatic heterocycles. The standard InChI is InChI=1S/C15H23N3O2/c1-17(2)12-6-8-18(9-7-12)14-5-4-11(10-13(14)16)15(19)20-3/h4-5,10,12H,6-9,16H2,1-3H3. The molecule has 20 heavy (non-hydrogen) atoms. The number of carbonyl (C=O) groups excluding carboxylic acids is 1. The van der Waals surface area contributed by atoms with E-state index in [-0.39, 0.29) is 5.97 Å². The molecule has 1 aliphatic rings. The van der Waals surface area contributed by atoms with Crippen LogP contribution in [-0.4, -0.2) is 51.2 Å². The van der Waals surface area contributed by atoms with Crippen molar-refractivity contribution >= 4 is 17.3 Å². The van der Waals surface area contributed by atoms with Gasteiger partial charge in [-0.1, -0.05) is 0 Å². The number of rotatable bonds is 3. The van der Waals surface area contributed by atoms with Gasteiger partial charge in [-0.25, -0.2) is 4.79 Å². The highest BCUT2D eigenvalue weighted by Gasteiger charge is 2.22. The van der Waals surface area contributed by atoms with Crippen molar-refractivity contribution in [2.45, 2.75) is 18.9 Å². The molecule has 0 amide bonds. The highest BCUT2D eigenvalue weighted by molar-refractivity contribution is 5.91. The zero-order valence-electron chi connectivity index (χ0n) is 12.4. The Labute approximate surface area is 120 Å². The van der Waals surface area contributed by atoms with Gasteiger partial charge >= 0.3 is 5.97 Å². The number of esters is 1. The summed E-state index contributed by atoms with van der Waals surface area (Å²) in [4.78, 5) is 16.0. The predicted molar refractivity (Wildman–Crippen MR) is 81.1 cm³/mol. The first kappa shape index (κ1) is 14.7. The second-order valence-corrected chi connectivity index (χ2v) is 5.45. The van der Waals surface area contributed by atoms with E-state index < -0.39 is 0 Å². The molecule has 1 heterocycles. The molecule has 5 heteroatoms. The molecule has 1 fully saturated rings. The fourth-order valence-corrected chi connectivity index (χ4v) is 2.71. The van der Waals surface area contributed by atoms with Crippen LogP contribution in [0.4, 0.5) is 11.4 Å². The summed E-state index contributed by atoms with van der Waals surface area (Å²) in [6, 6.07) is 6.02. The van der Waals surface area contributed by atoms with E-state index in [1.807, 2.05) is 6.07 Å². The molecule has 2 rings (SSSR count). The summed E-state index contributed by atoms with van der Waals surface area (Å²) in [6.07, 6.45) is 2.26. The number of carbonyl (C=O) groups is 1. The van der Waals surface area contributed by atoms with E-state index >= 15 is 0 Å². The lowest BCUT2D eigenvalue weighted by atomic mass is 10.0. The average Bonchev–Trinajstić information content (AvgIpc) is 2.46. The van der Waals surface area contributed by atoms with Gasteiger partial charge in [0.25, 0.3) is 0 Å². The number of nitrogens with zero attached hydrogens (tertiary/aromatic N) is 2. The minimum atomic E-state index is -0.352. The van der Waals surface area contributed by atoms with Gasteiger partial charge in [0.15, 0.2) is 0 Å². The Morgan fingerprint density at radius 2 is 2.00 bits per heavy atom. The van der Waals surface area contributed by atoms with Crippen LogP contribution in [0.1, 0.15) is 23.2 Å². The van der Waals surface area contributed by atoms with E-state index in [9.17, 15) is 4.79 Å². The Hall–Kier alpha value is -1.75. The van der Waals surface area contributed by atoms with Crippen molar-refractivity contribution in [2.24, 2.45) is 0 Å². The number of piperidine rings is 1. The Kier molecular flexibility index (Phi) is 4.49. The van der Waals surface area contributed by atoms with Crippen molar-refractivity contribution in [1.82, 2.24) is 4.90 Å². The third kappa shape index (κ3) is 3.04. The van der Waals surface area contributed by atoms with Crippen molar-refractivity contribution in [1.29, 1.82) is 0 Å². The van der Waals surface area contributed by atoms with Gasteiger partial charge in [0.05, 0.1) is 24.0 Å². The molecule has 1 aromatic rings. The van der Waals surface area contributed by atoms with Crippen molar-refractivity contribution in [3.8, 4) is 0 Å². The Morgan fingerprint density at radius 3 is 2.50 bits per heavy atom. The minimum Gasteiger partial charge on any atom is -0.465 e. The maximum absolute atomic E-state index is 11.5. The molecule has 0 radical (unpaired) electrons. The number of ether oxygens (including phenoxy) is 1.